The van der Waals surface area contributed by atoms with Crippen molar-refractivity contribution in [3.63, 3.8) is 0 Å². The molecule has 0 atom stereocenters. The second-order valence-electron chi connectivity index (χ2n) is 4.15. The maximum absolute atomic E-state index is 12.2. The molecule has 1 amide bonds. The molecule has 17 heavy (non-hydrogen) atoms. The van der Waals surface area contributed by atoms with Gasteiger partial charge in [-0.3, -0.25) is 4.79 Å². The number of anilines is 1. The third-order valence-electron chi connectivity index (χ3n) is 3.02. The average molecular weight is 254 g/mol. The Morgan fingerprint density at radius 2 is 2.29 bits per heavy atom. The number of ether oxygens (including phenoxy) is 1. The molecule has 1 fully saturated rings. The lowest BCUT2D eigenvalue weighted by Gasteiger charge is -2.31. The van der Waals surface area contributed by atoms with Crippen LogP contribution in [0.4, 0.5) is 5.69 Å². The lowest BCUT2D eigenvalue weighted by molar-refractivity contribution is 0.0148. The van der Waals surface area contributed by atoms with Crippen molar-refractivity contribution >= 4 is 22.9 Å². The number of carbonyl (C=O) groups is 1. The number of likely N-dealkylation sites (tertiary alicyclic amines) is 1. The Labute approximate surface area is 105 Å². The first-order chi connectivity index (χ1) is 8.22. The Balaban J connectivity index is 1.93. The van der Waals surface area contributed by atoms with Crippen LogP contribution in [0.1, 0.15) is 29.4 Å². The maximum atomic E-state index is 12.2. The number of amides is 1. The van der Waals surface area contributed by atoms with Gasteiger partial charge in [0.05, 0.1) is 11.8 Å². The van der Waals surface area contributed by atoms with Crippen molar-refractivity contribution in [3.05, 3.63) is 16.3 Å². The van der Waals surface area contributed by atoms with E-state index in [0.29, 0.717) is 16.7 Å². The summed E-state index contributed by atoms with van der Waals surface area (Å²) in [6, 6.07) is 1.78. The summed E-state index contributed by atoms with van der Waals surface area (Å²) in [7, 11) is 0. The third kappa shape index (κ3) is 2.79. The van der Waals surface area contributed by atoms with Crippen LogP contribution >= 0.6 is 11.3 Å². The zero-order valence-corrected chi connectivity index (χ0v) is 10.8. The number of thiophene rings is 1. The van der Waals surface area contributed by atoms with Gasteiger partial charge in [-0.05, 0) is 31.2 Å². The highest BCUT2D eigenvalue weighted by molar-refractivity contribution is 7.12. The number of piperidine rings is 1. The Bertz CT molecular complexity index is 384. The van der Waals surface area contributed by atoms with E-state index in [1.807, 2.05) is 17.2 Å². The number of hydrogen-bond acceptors (Lipinski definition) is 4. The van der Waals surface area contributed by atoms with Gasteiger partial charge in [-0.25, -0.2) is 0 Å². The van der Waals surface area contributed by atoms with Crippen molar-refractivity contribution in [1.82, 2.24) is 4.90 Å². The van der Waals surface area contributed by atoms with Crippen molar-refractivity contribution < 1.29 is 9.53 Å². The van der Waals surface area contributed by atoms with Crippen LogP contribution in [0.5, 0.6) is 0 Å². The summed E-state index contributed by atoms with van der Waals surface area (Å²) >= 11 is 1.41. The van der Waals surface area contributed by atoms with E-state index in [9.17, 15) is 4.79 Å². The summed E-state index contributed by atoms with van der Waals surface area (Å²) < 4.78 is 5.57. The van der Waals surface area contributed by atoms with Gasteiger partial charge in [0.1, 0.15) is 4.88 Å². The molecular formula is C12H18N2O2S. The van der Waals surface area contributed by atoms with Crippen LogP contribution in [0.25, 0.3) is 0 Å². The highest BCUT2D eigenvalue weighted by Crippen LogP contribution is 2.23. The monoisotopic (exact) mass is 254 g/mol. The normalized spacial score (nSPS) is 17.4. The average Bonchev–Trinajstić information content (AvgIpc) is 2.76. The lowest BCUT2D eigenvalue weighted by atomic mass is 10.1. The van der Waals surface area contributed by atoms with E-state index in [1.165, 1.54) is 11.3 Å². The number of nitrogen functional groups attached to an aromatic ring is 1. The minimum atomic E-state index is 0.0625. The first kappa shape index (κ1) is 12.4. The summed E-state index contributed by atoms with van der Waals surface area (Å²) in [5.41, 5.74) is 6.35. The van der Waals surface area contributed by atoms with E-state index in [-0.39, 0.29) is 5.91 Å². The quantitative estimate of drug-likeness (QED) is 0.897. The van der Waals surface area contributed by atoms with Crippen molar-refractivity contribution in [3.8, 4) is 0 Å². The van der Waals surface area contributed by atoms with Gasteiger partial charge in [-0.2, -0.15) is 0 Å². The second-order valence-corrected chi connectivity index (χ2v) is 5.07. The van der Waals surface area contributed by atoms with Crippen LogP contribution in [0.2, 0.25) is 0 Å². The smallest absolute Gasteiger partial charge is 0.266 e. The molecule has 1 aromatic heterocycles. The number of nitrogens with two attached hydrogens (primary N) is 1. The number of hydrogen-bond donors (Lipinski definition) is 1. The van der Waals surface area contributed by atoms with E-state index in [0.717, 1.165) is 32.5 Å². The first-order valence-corrected chi connectivity index (χ1v) is 6.84. The molecule has 4 nitrogen and oxygen atoms in total. The van der Waals surface area contributed by atoms with Gasteiger partial charge in [-0.1, -0.05) is 0 Å². The molecule has 1 aliphatic heterocycles. The zero-order chi connectivity index (χ0) is 12.3. The van der Waals surface area contributed by atoms with Gasteiger partial charge in [0.2, 0.25) is 0 Å². The van der Waals surface area contributed by atoms with Crippen molar-refractivity contribution in [1.29, 1.82) is 0 Å². The Hall–Kier alpha value is -1.07. The summed E-state index contributed by atoms with van der Waals surface area (Å²) in [5.74, 6) is 0.0625. The Morgan fingerprint density at radius 3 is 2.82 bits per heavy atom. The summed E-state index contributed by atoms with van der Waals surface area (Å²) in [6.07, 6.45) is 2.15. The van der Waals surface area contributed by atoms with Crippen LogP contribution in [-0.4, -0.2) is 36.6 Å². The molecule has 0 radical (unpaired) electrons. The van der Waals surface area contributed by atoms with Crippen molar-refractivity contribution in [2.45, 2.75) is 25.9 Å². The Morgan fingerprint density at radius 1 is 1.59 bits per heavy atom. The van der Waals surface area contributed by atoms with Crippen LogP contribution in [0.3, 0.4) is 0 Å². The SMILES string of the molecule is CCOC1CCN(C(=O)c2sccc2N)CC1. The van der Waals surface area contributed by atoms with Gasteiger partial charge in [-0.15, -0.1) is 11.3 Å². The van der Waals surface area contributed by atoms with E-state index >= 15 is 0 Å². The number of carbonyl (C=O) groups excluding carboxylic acids is 1. The van der Waals surface area contributed by atoms with E-state index in [4.69, 9.17) is 10.5 Å². The highest BCUT2D eigenvalue weighted by Gasteiger charge is 2.25. The molecule has 0 saturated carbocycles. The van der Waals surface area contributed by atoms with E-state index in [1.54, 1.807) is 6.07 Å². The number of nitrogens with zero attached hydrogens (tertiary/aromatic N) is 1. The molecule has 0 unspecified atom stereocenters. The molecule has 1 saturated heterocycles. The summed E-state index contributed by atoms with van der Waals surface area (Å²) in [4.78, 5) is 14.7. The molecule has 2 rings (SSSR count). The molecule has 0 aliphatic carbocycles. The first-order valence-electron chi connectivity index (χ1n) is 5.96. The highest BCUT2D eigenvalue weighted by atomic mass is 32.1. The molecular weight excluding hydrogens is 236 g/mol. The van der Waals surface area contributed by atoms with Crippen LogP contribution in [-0.2, 0) is 4.74 Å². The molecule has 5 heteroatoms. The van der Waals surface area contributed by atoms with E-state index in [2.05, 4.69) is 0 Å². The predicted octanol–water partition coefficient (Wildman–Crippen LogP) is 1.97. The fourth-order valence-electron chi connectivity index (χ4n) is 2.10. The molecule has 2 heterocycles. The fraction of sp³-hybridized carbons (Fsp3) is 0.583. The van der Waals surface area contributed by atoms with Crippen LogP contribution in [0.15, 0.2) is 11.4 Å². The minimum Gasteiger partial charge on any atom is -0.397 e. The van der Waals surface area contributed by atoms with Crippen molar-refractivity contribution in [2.75, 3.05) is 25.4 Å². The molecule has 94 valence electrons. The van der Waals surface area contributed by atoms with E-state index < -0.39 is 0 Å². The van der Waals surface area contributed by atoms with Gasteiger partial charge < -0.3 is 15.4 Å². The zero-order valence-electron chi connectivity index (χ0n) is 10.0. The van der Waals surface area contributed by atoms with Gasteiger partial charge in [0.15, 0.2) is 0 Å². The van der Waals surface area contributed by atoms with Gasteiger partial charge >= 0.3 is 0 Å². The largest absolute Gasteiger partial charge is 0.397 e. The minimum absolute atomic E-state index is 0.0625. The van der Waals surface area contributed by atoms with Crippen LogP contribution in [0, 0.1) is 0 Å². The van der Waals surface area contributed by atoms with Gasteiger partial charge in [0, 0.05) is 19.7 Å². The molecule has 0 aromatic carbocycles. The lowest BCUT2D eigenvalue weighted by Crippen LogP contribution is -2.40. The number of rotatable bonds is 3. The van der Waals surface area contributed by atoms with Gasteiger partial charge in [0.25, 0.3) is 5.91 Å². The fourth-order valence-corrected chi connectivity index (χ4v) is 2.88. The third-order valence-corrected chi connectivity index (χ3v) is 3.94. The van der Waals surface area contributed by atoms with Crippen molar-refractivity contribution in [2.24, 2.45) is 0 Å². The summed E-state index contributed by atoms with van der Waals surface area (Å²) in [5, 5.41) is 1.86. The topological polar surface area (TPSA) is 55.6 Å². The summed E-state index contributed by atoms with van der Waals surface area (Å²) in [6.45, 7) is 4.28. The predicted molar refractivity (Wildman–Crippen MR) is 69.3 cm³/mol. The molecule has 0 spiro atoms. The molecule has 1 aliphatic rings. The molecule has 2 N–H and O–H groups in total. The standard InChI is InChI=1S/C12H18N2O2S/c1-2-16-9-3-6-14(7-4-9)12(15)11-10(13)5-8-17-11/h5,8-9H,2-4,6-7,13H2,1H3. The molecule has 1 aromatic rings. The molecule has 0 bridgehead atoms. The Kier molecular flexibility index (Phi) is 4.02. The maximum Gasteiger partial charge on any atom is 0.266 e. The second kappa shape index (κ2) is 5.51. The van der Waals surface area contributed by atoms with Crippen LogP contribution < -0.4 is 5.73 Å².